The van der Waals surface area contributed by atoms with Crippen LogP contribution >= 0.6 is 0 Å². The highest BCUT2D eigenvalue weighted by atomic mass is 16.5. The second kappa shape index (κ2) is 8.12. The standard InChI is InChI=1S/C21H24N4O3/c1-13(2)25-17-10-6-5-9-16(17)24-20(25)14(3)23-21(27)15-8-4-7-11-18(15)28-12-19(22)26/h4-11,13-14H,12H2,1-3H3,(H2,22,26)(H,23,27). The van der Waals surface area contributed by atoms with Gasteiger partial charge in [-0.15, -0.1) is 0 Å². The molecule has 1 atom stereocenters. The maximum Gasteiger partial charge on any atom is 0.255 e. The van der Waals surface area contributed by atoms with E-state index in [1.165, 1.54) is 0 Å². The molecule has 0 aliphatic rings. The number of primary amides is 1. The first kappa shape index (κ1) is 19.4. The number of nitrogens with two attached hydrogens (primary N) is 1. The van der Waals surface area contributed by atoms with Crippen LogP contribution in [0.5, 0.6) is 5.75 Å². The summed E-state index contributed by atoms with van der Waals surface area (Å²) in [6.45, 7) is 5.77. The molecule has 1 heterocycles. The number of hydrogen-bond acceptors (Lipinski definition) is 4. The summed E-state index contributed by atoms with van der Waals surface area (Å²) in [5, 5.41) is 2.98. The molecule has 7 heteroatoms. The lowest BCUT2D eigenvalue weighted by molar-refractivity contribution is -0.119. The Bertz CT molecular complexity index is 1010. The Morgan fingerprint density at radius 3 is 2.50 bits per heavy atom. The van der Waals surface area contributed by atoms with Crippen molar-refractivity contribution < 1.29 is 14.3 Å². The number of hydrogen-bond donors (Lipinski definition) is 2. The van der Waals surface area contributed by atoms with E-state index in [2.05, 4.69) is 23.7 Å². The summed E-state index contributed by atoms with van der Waals surface area (Å²) in [6.07, 6.45) is 0. The first-order chi connectivity index (χ1) is 13.4. The van der Waals surface area contributed by atoms with Crippen molar-refractivity contribution >= 4 is 22.8 Å². The number of carbonyl (C=O) groups is 2. The minimum absolute atomic E-state index is 0.188. The molecular formula is C21H24N4O3. The highest BCUT2D eigenvalue weighted by Gasteiger charge is 2.21. The van der Waals surface area contributed by atoms with Gasteiger partial charge in [-0.2, -0.15) is 0 Å². The third-order valence-corrected chi connectivity index (χ3v) is 4.38. The molecule has 2 amide bonds. The van der Waals surface area contributed by atoms with E-state index in [1.54, 1.807) is 24.3 Å². The molecule has 0 spiro atoms. The summed E-state index contributed by atoms with van der Waals surface area (Å²) < 4.78 is 7.48. The molecule has 0 saturated heterocycles. The van der Waals surface area contributed by atoms with Crippen LogP contribution in [0.1, 0.15) is 49.0 Å². The van der Waals surface area contributed by atoms with Crippen LogP contribution in [-0.2, 0) is 4.79 Å². The zero-order valence-electron chi connectivity index (χ0n) is 16.2. The monoisotopic (exact) mass is 380 g/mol. The summed E-state index contributed by atoms with van der Waals surface area (Å²) in [4.78, 5) is 28.6. The number of aromatic nitrogens is 2. The van der Waals surface area contributed by atoms with Gasteiger partial charge in [0, 0.05) is 6.04 Å². The van der Waals surface area contributed by atoms with Crippen LogP contribution in [0.4, 0.5) is 0 Å². The van der Waals surface area contributed by atoms with E-state index in [4.69, 9.17) is 15.5 Å². The lowest BCUT2D eigenvalue weighted by atomic mass is 10.1. The van der Waals surface area contributed by atoms with Crippen molar-refractivity contribution in [3.8, 4) is 5.75 Å². The largest absolute Gasteiger partial charge is 0.483 e. The van der Waals surface area contributed by atoms with Gasteiger partial charge in [0.15, 0.2) is 6.61 Å². The second-order valence-electron chi connectivity index (χ2n) is 6.87. The molecule has 0 bridgehead atoms. The molecule has 7 nitrogen and oxygen atoms in total. The molecule has 3 aromatic rings. The second-order valence-corrected chi connectivity index (χ2v) is 6.87. The third-order valence-electron chi connectivity index (χ3n) is 4.38. The molecule has 1 aromatic heterocycles. The van der Waals surface area contributed by atoms with Crippen LogP contribution in [0, 0.1) is 0 Å². The lowest BCUT2D eigenvalue weighted by Gasteiger charge is -2.19. The van der Waals surface area contributed by atoms with Gasteiger partial charge in [-0.25, -0.2) is 4.98 Å². The predicted octanol–water partition coefficient (Wildman–Crippen LogP) is 2.97. The molecule has 2 aromatic carbocycles. The van der Waals surface area contributed by atoms with Crippen molar-refractivity contribution in [2.45, 2.75) is 32.9 Å². The molecule has 3 N–H and O–H groups in total. The Morgan fingerprint density at radius 2 is 1.79 bits per heavy atom. The third kappa shape index (κ3) is 3.98. The normalized spacial score (nSPS) is 12.1. The fourth-order valence-corrected chi connectivity index (χ4v) is 3.18. The number of fused-ring (bicyclic) bond motifs is 1. The summed E-state index contributed by atoms with van der Waals surface area (Å²) in [5.41, 5.74) is 7.38. The van der Waals surface area contributed by atoms with Gasteiger partial charge in [0.25, 0.3) is 11.8 Å². The molecule has 0 aliphatic carbocycles. The number of para-hydroxylation sites is 3. The molecule has 28 heavy (non-hydrogen) atoms. The van der Waals surface area contributed by atoms with Gasteiger partial charge in [-0.05, 0) is 45.0 Å². The number of imidazole rings is 1. The van der Waals surface area contributed by atoms with E-state index in [9.17, 15) is 9.59 Å². The topological polar surface area (TPSA) is 99.2 Å². The van der Waals surface area contributed by atoms with E-state index in [0.29, 0.717) is 11.3 Å². The lowest BCUT2D eigenvalue weighted by Crippen LogP contribution is -2.30. The first-order valence-corrected chi connectivity index (χ1v) is 9.16. The van der Waals surface area contributed by atoms with Gasteiger partial charge in [-0.1, -0.05) is 24.3 Å². The fourth-order valence-electron chi connectivity index (χ4n) is 3.18. The number of nitrogens with one attached hydrogen (secondary N) is 1. The van der Waals surface area contributed by atoms with Crippen LogP contribution in [0.3, 0.4) is 0 Å². The number of rotatable bonds is 7. The van der Waals surface area contributed by atoms with Gasteiger partial charge >= 0.3 is 0 Å². The maximum atomic E-state index is 12.8. The van der Waals surface area contributed by atoms with E-state index >= 15 is 0 Å². The Labute approximate surface area is 163 Å². The number of amides is 2. The van der Waals surface area contributed by atoms with Crippen LogP contribution in [0.15, 0.2) is 48.5 Å². The van der Waals surface area contributed by atoms with Gasteiger partial charge in [0.05, 0.1) is 22.6 Å². The van der Waals surface area contributed by atoms with E-state index in [-0.39, 0.29) is 24.6 Å². The summed E-state index contributed by atoms with van der Waals surface area (Å²) in [6, 6.07) is 14.5. The summed E-state index contributed by atoms with van der Waals surface area (Å²) >= 11 is 0. The maximum absolute atomic E-state index is 12.8. The van der Waals surface area contributed by atoms with Gasteiger partial charge in [-0.3, -0.25) is 9.59 Å². The first-order valence-electron chi connectivity index (χ1n) is 9.16. The Balaban J connectivity index is 1.87. The molecule has 3 rings (SSSR count). The van der Waals surface area contributed by atoms with Crippen LogP contribution in [-0.4, -0.2) is 28.0 Å². The average Bonchev–Trinajstić information content (AvgIpc) is 3.06. The van der Waals surface area contributed by atoms with Crippen molar-refractivity contribution in [2.24, 2.45) is 5.73 Å². The number of nitrogens with zero attached hydrogens (tertiary/aromatic N) is 2. The van der Waals surface area contributed by atoms with Gasteiger partial charge in [0.1, 0.15) is 11.6 Å². The average molecular weight is 380 g/mol. The number of carbonyl (C=O) groups excluding carboxylic acids is 2. The van der Waals surface area contributed by atoms with Crippen molar-refractivity contribution in [3.63, 3.8) is 0 Å². The SMILES string of the molecule is CC(NC(=O)c1ccccc1OCC(N)=O)c1nc2ccccc2n1C(C)C. The van der Waals surface area contributed by atoms with Crippen molar-refractivity contribution in [1.29, 1.82) is 0 Å². The number of ether oxygens (including phenoxy) is 1. The van der Waals surface area contributed by atoms with E-state index < -0.39 is 5.91 Å². The molecule has 0 fully saturated rings. The minimum atomic E-state index is -0.603. The Kier molecular flexibility index (Phi) is 5.63. The van der Waals surface area contributed by atoms with Crippen LogP contribution in [0.2, 0.25) is 0 Å². The Hall–Kier alpha value is -3.35. The molecule has 0 radical (unpaired) electrons. The van der Waals surface area contributed by atoms with Crippen molar-refractivity contribution in [1.82, 2.24) is 14.9 Å². The molecular weight excluding hydrogens is 356 g/mol. The molecule has 0 saturated carbocycles. The highest BCUT2D eigenvalue weighted by molar-refractivity contribution is 5.97. The molecule has 146 valence electrons. The van der Waals surface area contributed by atoms with E-state index in [1.807, 2.05) is 31.2 Å². The highest BCUT2D eigenvalue weighted by Crippen LogP contribution is 2.26. The summed E-state index contributed by atoms with van der Waals surface area (Å²) in [7, 11) is 0. The fraction of sp³-hybridized carbons (Fsp3) is 0.286. The summed E-state index contributed by atoms with van der Waals surface area (Å²) in [5.74, 6) is 0.174. The number of benzene rings is 2. The quantitative estimate of drug-likeness (QED) is 0.658. The predicted molar refractivity (Wildman–Crippen MR) is 107 cm³/mol. The van der Waals surface area contributed by atoms with Crippen LogP contribution in [0.25, 0.3) is 11.0 Å². The smallest absolute Gasteiger partial charge is 0.255 e. The Morgan fingerprint density at radius 1 is 1.11 bits per heavy atom. The van der Waals surface area contributed by atoms with Crippen molar-refractivity contribution in [2.75, 3.05) is 6.61 Å². The van der Waals surface area contributed by atoms with Gasteiger partial charge in [0.2, 0.25) is 0 Å². The minimum Gasteiger partial charge on any atom is -0.483 e. The van der Waals surface area contributed by atoms with Crippen LogP contribution < -0.4 is 15.8 Å². The van der Waals surface area contributed by atoms with Crippen molar-refractivity contribution in [3.05, 3.63) is 59.9 Å². The molecule has 0 aliphatic heterocycles. The zero-order valence-corrected chi connectivity index (χ0v) is 16.2. The van der Waals surface area contributed by atoms with Gasteiger partial charge < -0.3 is 20.4 Å². The molecule has 1 unspecified atom stereocenters. The van der Waals surface area contributed by atoms with E-state index in [0.717, 1.165) is 16.9 Å². The zero-order chi connectivity index (χ0) is 20.3.